The number of halogens is 2. The largest absolute Gasteiger partial charge is 0.480 e. The fourth-order valence-corrected chi connectivity index (χ4v) is 3.58. The smallest absolute Gasteiger partial charge is 0.323 e. The summed E-state index contributed by atoms with van der Waals surface area (Å²) >= 11 is 0. The number of amides is 2. The summed E-state index contributed by atoms with van der Waals surface area (Å²) in [7, 11) is 0. The number of nitrogens with zero attached hydrogens (tertiary/aromatic N) is 2. The minimum atomic E-state index is -1.05. The third-order valence-electron chi connectivity index (χ3n) is 5.04. The molecule has 1 N–H and O–H groups in total. The molecule has 0 aliphatic carbocycles. The van der Waals surface area contributed by atoms with Gasteiger partial charge in [0, 0.05) is 32.5 Å². The molecule has 1 aliphatic rings. The third kappa shape index (κ3) is 6.28. The van der Waals surface area contributed by atoms with Crippen molar-refractivity contribution in [1.82, 2.24) is 9.80 Å². The minimum Gasteiger partial charge on any atom is -0.480 e. The molecule has 6 nitrogen and oxygen atoms in total. The molecule has 2 amide bonds. The summed E-state index contributed by atoms with van der Waals surface area (Å²) in [5.41, 5.74) is 0.647. The van der Waals surface area contributed by atoms with Gasteiger partial charge in [-0.25, -0.2) is 8.78 Å². The lowest BCUT2D eigenvalue weighted by Gasteiger charge is -2.28. The van der Waals surface area contributed by atoms with Gasteiger partial charge in [0.2, 0.25) is 11.8 Å². The number of hydrogen-bond donors (Lipinski definition) is 1. The van der Waals surface area contributed by atoms with Crippen LogP contribution in [0.15, 0.2) is 18.2 Å². The van der Waals surface area contributed by atoms with Crippen LogP contribution in [0.4, 0.5) is 8.78 Å². The number of rotatable bonds is 7. The van der Waals surface area contributed by atoms with E-state index in [0.717, 1.165) is 12.1 Å². The number of carbonyl (C=O) groups excluding carboxylic acids is 2. The molecule has 0 bridgehead atoms. The summed E-state index contributed by atoms with van der Waals surface area (Å²) in [4.78, 5) is 38.3. The lowest BCUT2D eigenvalue weighted by Crippen LogP contribution is -2.43. The van der Waals surface area contributed by atoms with E-state index in [1.54, 1.807) is 4.90 Å². The fraction of sp³-hybridized carbons (Fsp3) is 0.550. The molecule has 0 aromatic heterocycles. The van der Waals surface area contributed by atoms with Crippen LogP contribution in [-0.2, 0) is 20.8 Å². The van der Waals surface area contributed by atoms with Gasteiger partial charge in [-0.15, -0.1) is 0 Å². The van der Waals surface area contributed by atoms with E-state index in [1.807, 2.05) is 0 Å². The van der Waals surface area contributed by atoms with E-state index >= 15 is 0 Å². The average Bonchev–Trinajstić information content (AvgIpc) is 2.88. The van der Waals surface area contributed by atoms with E-state index < -0.39 is 17.6 Å². The van der Waals surface area contributed by atoms with Crippen molar-refractivity contribution in [2.24, 2.45) is 0 Å². The van der Waals surface area contributed by atoms with Crippen LogP contribution in [0.1, 0.15) is 44.6 Å². The predicted molar refractivity (Wildman–Crippen MR) is 98.5 cm³/mol. The van der Waals surface area contributed by atoms with E-state index in [0.29, 0.717) is 57.2 Å². The maximum absolute atomic E-state index is 13.2. The van der Waals surface area contributed by atoms with Gasteiger partial charge >= 0.3 is 5.97 Å². The van der Waals surface area contributed by atoms with Crippen molar-refractivity contribution in [2.45, 2.75) is 51.5 Å². The van der Waals surface area contributed by atoms with Crippen LogP contribution in [0, 0.1) is 11.6 Å². The van der Waals surface area contributed by atoms with Gasteiger partial charge in [-0.05, 0) is 49.8 Å². The van der Waals surface area contributed by atoms with Crippen molar-refractivity contribution in [3.05, 3.63) is 35.4 Å². The van der Waals surface area contributed by atoms with Crippen LogP contribution in [-0.4, -0.2) is 58.4 Å². The number of likely N-dealkylation sites (tertiary alicyclic amines) is 1. The lowest BCUT2D eigenvalue weighted by molar-refractivity contribution is -0.145. The Bertz CT molecular complexity index is 726. The minimum absolute atomic E-state index is 0.0177. The normalized spacial score (nSPS) is 17.1. The fourth-order valence-electron chi connectivity index (χ4n) is 3.58. The molecular formula is C20H26F2N2O4. The quantitative estimate of drug-likeness (QED) is 0.769. The molecule has 1 aromatic carbocycles. The van der Waals surface area contributed by atoms with E-state index in [-0.39, 0.29) is 24.4 Å². The molecule has 1 unspecified atom stereocenters. The molecule has 2 rings (SSSR count). The van der Waals surface area contributed by atoms with Crippen LogP contribution in [0.25, 0.3) is 0 Å². The standard InChI is InChI=1S/C20H26F2N2O4/c1-14(25)24(13-20(27)28)16-5-3-10-23(11-9-16)19(26)6-2-4-15-7-8-17(21)18(22)12-15/h7-8,12,16H,2-6,9-11,13H2,1H3,(H,27,28). The maximum atomic E-state index is 13.2. The van der Waals surface area contributed by atoms with Gasteiger partial charge in [0.15, 0.2) is 11.6 Å². The highest BCUT2D eigenvalue weighted by atomic mass is 19.2. The summed E-state index contributed by atoms with van der Waals surface area (Å²) in [5, 5.41) is 8.99. The first kappa shape index (κ1) is 21.8. The molecule has 0 spiro atoms. The first-order valence-electron chi connectivity index (χ1n) is 9.48. The first-order chi connectivity index (χ1) is 13.3. The Balaban J connectivity index is 1.83. The Morgan fingerprint density at radius 2 is 1.93 bits per heavy atom. The number of carbonyl (C=O) groups is 3. The molecule has 1 aliphatic heterocycles. The molecule has 0 saturated carbocycles. The van der Waals surface area contributed by atoms with Crippen molar-refractivity contribution in [3.63, 3.8) is 0 Å². The Morgan fingerprint density at radius 3 is 2.57 bits per heavy atom. The number of benzene rings is 1. The van der Waals surface area contributed by atoms with Gasteiger partial charge < -0.3 is 14.9 Å². The second-order valence-electron chi connectivity index (χ2n) is 7.11. The van der Waals surface area contributed by atoms with Crippen LogP contribution < -0.4 is 0 Å². The molecule has 1 saturated heterocycles. The molecular weight excluding hydrogens is 370 g/mol. The Kier molecular flexibility index (Phi) is 7.90. The van der Waals surface area contributed by atoms with Crippen molar-refractivity contribution in [1.29, 1.82) is 0 Å². The number of carboxylic acids is 1. The van der Waals surface area contributed by atoms with Crippen molar-refractivity contribution >= 4 is 17.8 Å². The number of aryl methyl sites for hydroxylation is 1. The monoisotopic (exact) mass is 396 g/mol. The van der Waals surface area contributed by atoms with Gasteiger partial charge in [-0.2, -0.15) is 0 Å². The number of hydrogen-bond acceptors (Lipinski definition) is 3. The number of aliphatic carboxylic acids is 1. The van der Waals surface area contributed by atoms with E-state index in [4.69, 9.17) is 5.11 Å². The second-order valence-corrected chi connectivity index (χ2v) is 7.11. The topological polar surface area (TPSA) is 77.9 Å². The Labute approximate surface area is 163 Å². The Morgan fingerprint density at radius 1 is 1.18 bits per heavy atom. The Hall–Kier alpha value is -2.51. The molecule has 0 radical (unpaired) electrons. The summed E-state index contributed by atoms with van der Waals surface area (Å²) < 4.78 is 26.2. The zero-order valence-corrected chi connectivity index (χ0v) is 16.0. The average molecular weight is 396 g/mol. The van der Waals surface area contributed by atoms with Gasteiger partial charge in [0.05, 0.1) is 0 Å². The zero-order chi connectivity index (χ0) is 20.7. The first-order valence-corrected chi connectivity index (χ1v) is 9.48. The second kappa shape index (κ2) is 10.1. The molecule has 28 heavy (non-hydrogen) atoms. The predicted octanol–water partition coefficient (Wildman–Crippen LogP) is 2.60. The molecule has 1 fully saturated rings. The zero-order valence-electron chi connectivity index (χ0n) is 16.0. The van der Waals surface area contributed by atoms with Crippen molar-refractivity contribution in [2.75, 3.05) is 19.6 Å². The van der Waals surface area contributed by atoms with E-state index in [1.165, 1.54) is 17.9 Å². The van der Waals surface area contributed by atoms with Crippen LogP contribution in [0.3, 0.4) is 0 Å². The van der Waals surface area contributed by atoms with Gasteiger partial charge in [-0.1, -0.05) is 6.07 Å². The van der Waals surface area contributed by atoms with E-state index in [9.17, 15) is 23.2 Å². The molecule has 1 aromatic rings. The summed E-state index contributed by atoms with van der Waals surface area (Å²) in [6.45, 7) is 2.06. The highest BCUT2D eigenvalue weighted by Gasteiger charge is 2.27. The van der Waals surface area contributed by atoms with Crippen LogP contribution in [0.2, 0.25) is 0 Å². The maximum Gasteiger partial charge on any atom is 0.323 e. The molecule has 8 heteroatoms. The highest BCUT2D eigenvalue weighted by molar-refractivity contribution is 5.80. The third-order valence-corrected chi connectivity index (χ3v) is 5.04. The molecule has 154 valence electrons. The summed E-state index contributed by atoms with van der Waals surface area (Å²) in [6, 6.07) is 3.56. The highest BCUT2D eigenvalue weighted by Crippen LogP contribution is 2.19. The van der Waals surface area contributed by atoms with Gasteiger partial charge in [0.1, 0.15) is 6.54 Å². The van der Waals surface area contributed by atoms with Gasteiger partial charge in [-0.3, -0.25) is 14.4 Å². The molecule has 1 heterocycles. The lowest BCUT2D eigenvalue weighted by atomic mass is 10.1. The van der Waals surface area contributed by atoms with Crippen LogP contribution >= 0.6 is 0 Å². The van der Waals surface area contributed by atoms with E-state index in [2.05, 4.69) is 0 Å². The van der Waals surface area contributed by atoms with Crippen molar-refractivity contribution in [3.8, 4) is 0 Å². The van der Waals surface area contributed by atoms with Gasteiger partial charge in [0.25, 0.3) is 0 Å². The number of carboxylic acid groups (broad SMARTS) is 1. The molecule has 1 atom stereocenters. The van der Waals surface area contributed by atoms with Crippen molar-refractivity contribution < 1.29 is 28.3 Å². The summed E-state index contributed by atoms with van der Waals surface area (Å²) in [5.74, 6) is -3.13. The summed E-state index contributed by atoms with van der Waals surface area (Å²) in [6.07, 6.45) is 3.21. The van der Waals surface area contributed by atoms with Crippen LogP contribution in [0.5, 0.6) is 0 Å². The SMILES string of the molecule is CC(=O)N(CC(=O)O)C1CCCN(C(=O)CCCc2ccc(F)c(F)c2)CC1.